The Balaban J connectivity index is 0.00000361. The molecule has 3 atom stereocenters. The van der Waals surface area contributed by atoms with Crippen molar-refractivity contribution >= 4 is 5.97 Å². The van der Waals surface area contributed by atoms with Gasteiger partial charge in [-0.05, 0) is 41.0 Å². The van der Waals surface area contributed by atoms with Crippen molar-refractivity contribution in [2.45, 2.75) is 30.8 Å². The Morgan fingerprint density at radius 2 is 1.39 bits per heavy atom. The van der Waals surface area contributed by atoms with Gasteiger partial charge in [0, 0.05) is 44.1 Å². The Morgan fingerprint density at radius 3 is 1.83 bits per heavy atom. The first kappa shape index (κ1) is 28.2. The molecule has 188 valence electrons. The van der Waals surface area contributed by atoms with Crippen molar-refractivity contribution in [3.8, 4) is 11.5 Å². The van der Waals surface area contributed by atoms with Gasteiger partial charge in [-0.1, -0.05) is 54.6 Å². The van der Waals surface area contributed by atoms with Gasteiger partial charge < -0.3 is 28.8 Å². The second-order valence-electron chi connectivity index (χ2n) is 8.15. The zero-order valence-electron chi connectivity index (χ0n) is 20.4. The van der Waals surface area contributed by atoms with Gasteiger partial charge in [-0.25, -0.2) is 0 Å². The van der Waals surface area contributed by atoms with Gasteiger partial charge in [0.05, 0.1) is 33.0 Å². The third kappa shape index (κ3) is 5.80. The van der Waals surface area contributed by atoms with Crippen molar-refractivity contribution in [3.63, 3.8) is 0 Å². The van der Waals surface area contributed by atoms with Crippen molar-refractivity contribution in [3.05, 3.63) is 102 Å². The number of hydrogen-bond donors (Lipinski definition) is 1. The maximum absolute atomic E-state index is 11.8. The number of carbonyl (C=O) groups excluding carboxylic acids is 1. The number of hydrogen-bond acceptors (Lipinski definition) is 7. The van der Waals surface area contributed by atoms with Crippen molar-refractivity contribution in [1.82, 2.24) is 0 Å². The van der Waals surface area contributed by atoms with Gasteiger partial charge in [-0.3, -0.25) is 4.79 Å². The molecular weight excluding hydrogens is 686 g/mol. The maximum Gasteiger partial charge on any atom is 0.300 e. The monoisotopic (exact) mass is 715 g/mol. The van der Waals surface area contributed by atoms with Gasteiger partial charge >= 0.3 is 0 Å². The van der Waals surface area contributed by atoms with Crippen molar-refractivity contribution in [1.29, 1.82) is 0 Å². The van der Waals surface area contributed by atoms with E-state index in [1.54, 1.807) is 14.2 Å². The topological polar surface area (TPSA) is 83.5 Å². The summed E-state index contributed by atoms with van der Waals surface area (Å²) in [6.45, 7) is 2.42. The van der Waals surface area contributed by atoms with Crippen LogP contribution < -0.4 is 9.47 Å². The van der Waals surface area contributed by atoms with Gasteiger partial charge in [0.1, 0.15) is 17.1 Å². The molecule has 0 saturated carbocycles. The first-order valence-electron chi connectivity index (χ1n) is 11.3. The van der Waals surface area contributed by atoms with Gasteiger partial charge in [-0.15, -0.1) is 0 Å². The molecule has 1 heterocycles. The van der Waals surface area contributed by atoms with Gasteiger partial charge in [-0.2, -0.15) is 6.61 Å². The molecule has 0 aliphatic carbocycles. The molecule has 8 heteroatoms. The van der Waals surface area contributed by atoms with E-state index in [9.17, 15) is 9.90 Å². The minimum Gasteiger partial charge on any atom is -0.543 e. The molecule has 3 aromatic carbocycles. The van der Waals surface area contributed by atoms with E-state index in [0.717, 1.165) is 16.7 Å². The fraction of sp³-hybridized carbons (Fsp3) is 0.286. The molecule has 3 aromatic rings. The maximum atomic E-state index is 11.8. The summed E-state index contributed by atoms with van der Waals surface area (Å²) >= 11 is 0. The minimum absolute atomic E-state index is 0. The summed E-state index contributed by atoms with van der Waals surface area (Å²) in [5, 5.41) is 10.0. The average Bonchev–Trinajstić information content (AvgIpc) is 3.28. The molecule has 1 saturated heterocycles. The van der Waals surface area contributed by atoms with Crippen molar-refractivity contribution in [2.24, 2.45) is 0 Å². The molecule has 36 heavy (non-hydrogen) atoms. The predicted octanol–water partition coefficient (Wildman–Crippen LogP) is 3.87. The quantitative estimate of drug-likeness (QED) is 0.205. The van der Waals surface area contributed by atoms with E-state index in [1.807, 2.05) is 78.9 Å². The second-order valence-corrected chi connectivity index (χ2v) is 8.15. The molecule has 0 bridgehead atoms. The average molecular weight is 716 g/mol. The number of aliphatic hydroxyl groups excluding tert-OH is 1. The molecule has 3 unspecified atom stereocenters. The molecule has 1 aliphatic heterocycles. The molecule has 4 rings (SSSR count). The summed E-state index contributed by atoms with van der Waals surface area (Å²) in [6.07, 6.45) is -2.31. The van der Waals surface area contributed by atoms with E-state index in [4.69, 9.17) is 23.7 Å². The van der Waals surface area contributed by atoms with Gasteiger partial charge in [0.25, 0.3) is 5.97 Å². The number of ether oxygens (including phenoxy) is 5. The zero-order valence-corrected chi connectivity index (χ0v) is 24.6. The second kappa shape index (κ2) is 12.8. The van der Waals surface area contributed by atoms with E-state index in [0.29, 0.717) is 11.5 Å². The Labute approximate surface area is 235 Å². The summed E-state index contributed by atoms with van der Waals surface area (Å²) in [4.78, 5) is 11.8. The standard InChI is InChI=1S/C28H29O7.U/c1-19(30)34-26-18-33-25(17-29)27(26)35-28(20-7-5-4-6-8-20,21-9-13-23(31-2)14-10-21)22-11-15-24(32-3)16-12-22;/h4-16,18,25-27,29H,17H2,1-3H3;/q-1;. The smallest absolute Gasteiger partial charge is 0.300 e. The first-order chi connectivity index (χ1) is 17.0. The van der Waals surface area contributed by atoms with Crippen LogP contribution in [0.5, 0.6) is 11.5 Å². The molecule has 0 amide bonds. The van der Waals surface area contributed by atoms with Crippen LogP contribution in [0.25, 0.3) is 0 Å². The summed E-state index contributed by atoms with van der Waals surface area (Å²) in [5.41, 5.74) is 1.35. The van der Waals surface area contributed by atoms with Crippen LogP contribution in [0, 0.1) is 37.7 Å². The minimum atomic E-state index is -1.14. The number of rotatable bonds is 9. The number of aliphatic hydroxyl groups is 1. The third-order valence-corrected chi connectivity index (χ3v) is 6.05. The van der Waals surface area contributed by atoms with E-state index in [1.165, 1.54) is 13.5 Å². The SMILES string of the molecule is COc1ccc(C(OC2C(OC(C)=O)[CH-]OC2CO)(c2ccccc2)c2ccc(OC)cc2)cc1.[U]. The number of benzene rings is 3. The predicted molar refractivity (Wildman–Crippen MR) is 129 cm³/mol. The Hall–Kier alpha value is -2.34. The van der Waals surface area contributed by atoms with E-state index >= 15 is 0 Å². The van der Waals surface area contributed by atoms with Crippen LogP contribution in [0.2, 0.25) is 0 Å². The van der Waals surface area contributed by atoms with Crippen LogP contribution in [0.3, 0.4) is 0 Å². The largest absolute Gasteiger partial charge is 0.543 e. The van der Waals surface area contributed by atoms with Crippen molar-refractivity contribution < 1.29 is 64.7 Å². The molecule has 1 N–H and O–H groups in total. The summed E-state index contributed by atoms with van der Waals surface area (Å²) in [5.74, 6) is 0.934. The number of esters is 1. The first-order valence-corrected chi connectivity index (χ1v) is 11.3. The molecule has 1 fully saturated rings. The van der Waals surface area contributed by atoms with Crippen molar-refractivity contribution in [2.75, 3.05) is 20.8 Å². The molecule has 0 radical (unpaired) electrons. The zero-order chi connectivity index (χ0) is 24.8. The van der Waals surface area contributed by atoms with Gasteiger partial charge in [0.2, 0.25) is 0 Å². The number of methoxy groups -OCH3 is 2. The summed E-state index contributed by atoms with van der Waals surface area (Å²) in [7, 11) is 3.22. The van der Waals surface area contributed by atoms with Crippen LogP contribution >= 0.6 is 0 Å². The van der Waals surface area contributed by atoms with Crippen LogP contribution in [0.4, 0.5) is 0 Å². The normalized spacial score (nSPS) is 19.3. The fourth-order valence-corrected chi connectivity index (χ4v) is 4.35. The molecule has 1 aliphatic rings. The Morgan fingerprint density at radius 1 is 0.889 bits per heavy atom. The van der Waals surface area contributed by atoms with Crippen LogP contribution in [-0.2, 0) is 24.6 Å². The Bertz CT molecular complexity index is 1060. The third-order valence-electron chi connectivity index (χ3n) is 6.05. The van der Waals surface area contributed by atoms with Gasteiger partial charge in [0.15, 0.2) is 0 Å². The summed E-state index contributed by atoms with van der Waals surface area (Å²) in [6, 6.07) is 25.0. The molecule has 7 nitrogen and oxygen atoms in total. The van der Waals surface area contributed by atoms with E-state index < -0.39 is 29.9 Å². The molecule has 0 aromatic heterocycles. The van der Waals surface area contributed by atoms with E-state index in [-0.39, 0.29) is 37.7 Å². The number of carbonyl (C=O) groups is 1. The fourth-order valence-electron chi connectivity index (χ4n) is 4.35. The molecular formula is C28H29O7U-. The molecule has 0 spiro atoms. The Kier molecular flexibility index (Phi) is 10.0. The van der Waals surface area contributed by atoms with Crippen LogP contribution in [0.1, 0.15) is 23.6 Å². The van der Waals surface area contributed by atoms with E-state index in [2.05, 4.69) is 0 Å². The van der Waals surface area contributed by atoms with Crippen LogP contribution in [-0.4, -0.2) is 50.2 Å². The van der Waals surface area contributed by atoms with Crippen LogP contribution in [0.15, 0.2) is 78.9 Å². The summed E-state index contributed by atoms with van der Waals surface area (Å²) < 4.78 is 28.8.